The van der Waals surface area contributed by atoms with Crippen molar-refractivity contribution in [1.29, 1.82) is 0 Å². The van der Waals surface area contributed by atoms with Crippen molar-refractivity contribution in [2.75, 3.05) is 11.4 Å². The lowest BCUT2D eigenvalue weighted by molar-refractivity contribution is 0.0980. The zero-order chi connectivity index (χ0) is 19.8. The molecule has 0 bridgehead atoms. The van der Waals surface area contributed by atoms with Gasteiger partial charge in [-0.1, -0.05) is 19.1 Å². The van der Waals surface area contributed by atoms with Crippen LogP contribution in [0.1, 0.15) is 41.8 Å². The summed E-state index contributed by atoms with van der Waals surface area (Å²) in [7, 11) is -3.70. The van der Waals surface area contributed by atoms with Crippen LogP contribution in [0.25, 0.3) is 0 Å². The number of hydrogen-bond acceptors (Lipinski definition) is 3. The second kappa shape index (κ2) is 7.40. The molecule has 0 aliphatic carbocycles. The van der Waals surface area contributed by atoms with Gasteiger partial charge in [0.25, 0.3) is 5.91 Å². The first-order valence-corrected chi connectivity index (χ1v) is 10.4. The maximum Gasteiger partial charge on any atom is 0.258 e. The van der Waals surface area contributed by atoms with Crippen LogP contribution in [-0.4, -0.2) is 26.9 Å². The van der Waals surface area contributed by atoms with Gasteiger partial charge in [0.2, 0.25) is 10.0 Å². The molecule has 0 aromatic heterocycles. The van der Waals surface area contributed by atoms with E-state index in [1.807, 2.05) is 6.92 Å². The molecule has 0 spiro atoms. The number of nitrogens with one attached hydrogen (secondary N) is 1. The number of aryl methyl sites for hydroxylation is 1. The Balaban J connectivity index is 1.96. The first kappa shape index (κ1) is 19.5. The molecule has 0 radical (unpaired) electrons. The third kappa shape index (κ3) is 3.89. The highest BCUT2D eigenvalue weighted by molar-refractivity contribution is 7.89. The topological polar surface area (TPSA) is 66.5 Å². The van der Waals surface area contributed by atoms with E-state index in [1.165, 1.54) is 23.1 Å². The van der Waals surface area contributed by atoms with Gasteiger partial charge in [0, 0.05) is 23.8 Å². The molecule has 2 aromatic carbocycles. The number of carbonyl (C=O) groups is 1. The molecular formula is C20H23FN2O3S. The number of hydrogen-bond donors (Lipinski definition) is 1. The van der Waals surface area contributed by atoms with E-state index in [0.717, 1.165) is 5.56 Å². The molecule has 1 N–H and O–H groups in total. The fourth-order valence-electron chi connectivity index (χ4n) is 3.03. The van der Waals surface area contributed by atoms with Gasteiger partial charge in [-0.2, -0.15) is 0 Å². The minimum atomic E-state index is -3.70. The molecule has 1 atom stereocenters. The standard InChI is InChI=1S/C20H23FN2O3S/c1-4-14(3)22-27(25,26)17-8-6-15-9-10-23(20(24)18(15)12-17)16-7-5-13(2)19(21)11-16/h5-8,11-12,14,22H,4,9-10H2,1-3H3/t14-/m1/s1. The fraction of sp³-hybridized carbons (Fsp3) is 0.350. The van der Waals surface area contributed by atoms with Crippen LogP contribution in [0.4, 0.5) is 10.1 Å². The van der Waals surface area contributed by atoms with E-state index in [4.69, 9.17) is 0 Å². The zero-order valence-corrected chi connectivity index (χ0v) is 16.4. The molecule has 7 heteroatoms. The Hall–Kier alpha value is -2.25. The first-order valence-electron chi connectivity index (χ1n) is 8.96. The van der Waals surface area contributed by atoms with Crippen molar-refractivity contribution < 1.29 is 17.6 Å². The summed E-state index contributed by atoms with van der Waals surface area (Å²) in [6.45, 7) is 5.76. The second-order valence-corrected chi connectivity index (χ2v) is 8.60. The number of fused-ring (bicyclic) bond motifs is 1. The molecule has 5 nitrogen and oxygen atoms in total. The summed E-state index contributed by atoms with van der Waals surface area (Å²) >= 11 is 0. The van der Waals surface area contributed by atoms with Crippen LogP contribution in [0.2, 0.25) is 0 Å². The van der Waals surface area contributed by atoms with Crippen LogP contribution in [0, 0.1) is 12.7 Å². The van der Waals surface area contributed by atoms with Crippen molar-refractivity contribution in [3.8, 4) is 0 Å². The van der Waals surface area contributed by atoms with Crippen molar-refractivity contribution in [3.05, 3.63) is 58.9 Å². The van der Waals surface area contributed by atoms with E-state index in [9.17, 15) is 17.6 Å². The second-order valence-electron chi connectivity index (χ2n) is 6.89. The number of nitrogens with zero attached hydrogens (tertiary/aromatic N) is 1. The van der Waals surface area contributed by atoms with Crippen LogP contribution in [0.3, 0.4) is 0 Å². The number of carbonyl (C=O) groups excluding carboxylic acids is 1. The predicted octanol–water partition coefficient (Wildman–Crippen LogP) is 3.41. The number of rotatable bonds is 5. The van der Waals surface area contributed by atoms with Gasteiger partial charge in [-0.3, -0.25) is 4.79 Å². The molecule has 144 valence electrons. The van der Waals surface area contributed by atoms with E-state index >= 15 is 0 Å². The first-order chi connectivity index (χ1) is 12.7. The smallest absolute Gasteiger partial charge is 0.258 e. The predicted molar refractivity (Wildman–Crippen MR) is 103 cm³/mol. The molecule has 3 rings (SSSR count). The number of sulfonamides is 1. The fourth-order valence-corrected chi connectivity index (χ4v) is 4.38. The normalized spacial score (nSPS) is 15.6. The van der Waals surface area contributed by atoms with Gasteiger partial charge < -0.3 is 4.90 Å². The monoisotopic (exact) mass is 390 g/mol. The lowest BCUT2D eigenvalue weighted by atomic mass is 9.98. The minimum absolute atomic E-state index is 0.0619. The Morgan fingerprint density at radius 2 is 1.96 bits per heavy atom. The molecule has 1 heterocycles. The number of anilines is 1. The average molecular weight is 390 g/mol. The molecule has 0 saturated carbocycles. The largest absolute Gasteiger partial charge is 0.308 e. The van der Waals surface area contributed by atoms with Crippen molar-refractivity contribution in [2.24, 2.45) is 0 Å². The third-order valence-corrected chi connectivity index (χ3v) is 6.49. The van der Waals surface area contributed by atoms with E-state index < -0.39 is 10.0 Å². The molecule has 0 unspecified atom stereocenters. The highest BCUT2D eigenvalue weighted by Gasteiger charge is 2.28. The van der Waals surface area contributed by atoms with Crippen LogP contribution in [-0.2, 0) is 16.4 Å². The minimum Gasteiger partial charge on any atom is -0.308 e. The van der Waals surface area contributed by atoms with Crippen LogP contribution in [0.15, 0.2) is 41.3 Å². The van der Waals surface area contributed by atoms with E-state index in [-0.39, 0.29) is 22.7 Å². The van der Waals surface area contributed by atoms with Crippen LogP contribution in [0.5, 0.6) is 0 Å². The van der Waals surface area contributed by atoms with Crippen molar-refractivity contribution in [1.82, 2.24) is 4.72 Å². The van der Waals surface area contributed by atoms with Crippen molar-refractivity contribution >= 4 is 21.6 Å². The zero-order valence-electron chi connectivity index (χ0n) is 15.6. The molecular weight excluding hydrogens is 367 g/mol. The summed E-state index contributed by atoms with van der Waals surface area (Å²) in [6, 6.07) is 9.09. The highest BCUT2D eigenvalue weighted by atomic mass is 32.2. The Labute approximate surface area is 159 Å². The Morgan fingerprint density at radius 1 is 1.22 bits per heavy atom. The summed E-state index contributed by atoms with van der Waals surface area (Å²) < 4.78 is 41.6. The molecule has 1 aliphatic rings. The van der Waals surface area contributed by atoms with E-state index in [1.54, 1.807) is 32.0 Å². The summed E-state index contributed by atoms with van der Waals surface area (Å²) in [5.41, 5.74) is 2.12. The maximum atomic E-state index is 13.9. The SMILES string of the molecule is CC[C@@H](C)NS(=O)(=O)c1ccc2c(c1)C(=O)N(c1ccc(C)c(F)c1)CC2. The van der Waals surface area contributed by atoms with Gasteiger partial charge in [-0.25, -0.2) is 17.5 Å². The third-order valence-electron chi connectivity index (χ3n) is 4.91. The van der Waals surface area contributed by atoms with Crippen LogP contribution >= 0.6 is 0 Å². The van der Waals surface area contributed by atoms with Crippen molar-refractivity contribution in [3.63, 3.8) is 0 Å². The molecule has 27 heavy (non-hydrogen) atoms. The van der Waals surface area contributed by atoms with Crippen LogP contribution < -0.4 is 9.62 Å². The molecule has 1 aliphatic heterocycles. The lowest BCUT2D eigenvalue weighted by Crippen LogP contribution is -2.38. The summed E-state index contributed by atoms with van der Waals surface area (Å²) in [5.74, 6) is -0.694. The molecule has 0 saturated heterocycles. The molecule has 1 amide bonds. The number of halogens is 1. The quantitative estimate of drug-likeness (QED) is 0.851. The lowest BCUT2D eigenvalue weighted by Gasteiger charge is -2.29. The Morgan fingerprint density at radius 3 is 2.63 bits per heavy atom. The van der Waals surface area contributed by atoms with Gasteiger partial charge in [-0.15, -0.1) is 0 Å². The summed E-state index contributed by atoms with van der Waals surface area (Å²) in [4.78, 5) is 14.5. The van der Waals surface area contributed by atoms with Gasteiger partial charge in [0.05, 0.1) is 4.90 Å². The van der Waals surface area contributed by atoms with Gasteiger partial charge in [0.1, 0.15) is 5.82 Å². The Kier molecular flexibility index (Phi) is 5.35. The maximum absolute atomic E-state index is 13.9. The van der Waals surface area contributed by atoms with E-state index in [0.29, 0.717) is 36.2 Å². The number of amides is 1. The molecule has 2 aromatic rings. The van der Waals surface area contributed by atoms with Crippen molar-refractivity contribution in [2.45, 2.75) is 44.6 Å². The molecule has 0 fully saturated rings. The Bertz CT molecular complexity index is 989. The summed E-state index contributed by atoms with van der Waals surface area (Å²) in [5, 5.41) is 0. The van der Waals surface area contributed by atoms with Gasteiger partial charge >= 0.3 is 0 Å². The summed E-state index contributed by atoms with van der Waals surface area (Å²) in [6.07, 6.45) is 1.24. The van der Waals surface area contributed by atoms with E-state index in [2.05, 4.69) is 4.72 Å². The highest BCUT2D eigenvalue weighted by Crippen LogP contribution is 2.27. The number of benzene rings is 2. The van der Waals surface area contributed by atoms with Gasteiger partial charge in [0.15, 0.2) is 0 Å². The van der Waals surface area contributed by atoms with Gasteiger partial charge in [-0.05, 0) is 62.1 Å². The average Bonchev–Trinajstić information content (AvgIpc) is 2.64.